The third kappa shape index (κ3) is 2.84. The standard InChI is InChI=1S/C12H9BrN2O3/c1-7-2-3-8(13)6-9(7)12-15-14-10(18-12)4-5-11(16)17/h2-6H,1H3,(H,16,17)/b5-4+. The van der Waals surface area contributed by atoms with Gasteiger partial charge in [-0.1, -0.05) is 22.0 Å². The van der Waals surface area contributed by atoms with Crippen LogP contribution in [-0.2, 0) is 4.79 Å². The lowest BCUT2D eigenvalue weighted by Gasteiger charge is -2.00. The quantitative estimate of drug-likeness (QED) is 0.882. The highest BCUT2D eigenvalue weighted by Gasteiger charge is 2.10. The van der Waals surface area contributed by atoms with Crippen LogP contribution < -0.4 is 0 Å². The maximum atomic E-state index is 10.4. The smallest absolute Gasteiger partial charge is 0.328 e. The normalized spacial score (nSPS) is 11.0. The number of benzene rings is 1. The second-order valence-electron chi connectivity index (χ2n) is 3.58. The molecule has 0 saturated heterocycles. The van der Waals surface area contributed by atoms with Crippen LogP contribution in [-0.4, -0.2) is 21.3 Å². The fraction of sp³-hybridized carbons (Fsp3) is 0.0833. The molecule has 0 atom stereocenters. The molecule has 1 aromatic carbocycles. The molecule has 0 aliphatic rings. The molecule has 0 spiro atoms. The van der Waals surface area contributed by atoms with E-state index in [9.17, 15) is 4.79 Å². The molecule has 1 aromatic heterocycles. The summed E-state index contributed by atoms with van der Waals surface area (Å²) in [5.41, 5.74) is 1.81. The highest BCUT2D eigenvalue weighted by atomic mass is 79.9. The predicted octanol–water partition coefficient (Wildman–Crippen LogP) is 2.91. The Kier molecular flexibility index (Phi) is 3.57. The number of carboxylic acid groups (broad SMARTS) is 1. The topological polar surface area (TPSA) is 76.2 Å². The second kappa shape index (κ2) is 5.14. The zero-order valence-corrected chi connectivity index (χ0v) is 11.0. The lowest BCUT2D eigenvalue weighted by Crippen LogP contribution is -1.85. The van der Waals surface area contributed by atoms with Crippen LogP contribution >= 0.6 is 15.9 Å². The van der Waals surface area contributed by atoms with Gasteiger partial charge in [0, 0.05) is 22.2 Å². The summed E-state index contributed by atoms with van der Waals surface area (Å²) in [6, 6.07) is 5.71. The molecule has 92 valence electrons. The van der Waals surface area contributed by atoms with Crippen LogP contribution in [0.25, 0.3) is 17.5 Å². The minimum Gasteiger partial charge on any atom is -0.478 e. The molecule has 0 aliphatic carbocycles. The van der Waals surface area contributed by atoms with E-state index in [1.807, 2.05) is 25.1 Å². The summed E-state index contributed by atoms with van der Waals surface area (Å²) in [5, 5.41) is 16.1. The Hall–Kier alpha value is -1.95. The summed E-state index contributed by atoms with van der Waals surface area (Å²) in [7, 11) is 0. The molecule has 0 bridgehead atoms. The lowest BCUT2D eigenvalue weighted by molar-refractivity contribution is -0.131. The minimum absolute atomic E-state index is 0.159. The summed E-state index contributed by atoms with van der Waals surface area (Å²) in [6.45, 7) is 1.93. The molecule has 0 saturated carbocycles. The Labute approximate surface area is 111 Å². The first-order chi connectivity index (χ1) is 8.56. The van der Waals surface area contributed by atoms with E-state index in [0.29, 0.717) is 5.89 Å². The Morgan fingerprint density at radius 2 is 2.22 bits per heavy atom. The predicted molar refractivity (Wildman–Crippen MR) is 68.8 cm³/mol. The van der Waals surface area contributed by atoms with Gasteiger partial charge >= 0.3 is 5.97 Å². The Morgan fingerprint density at radius 1 is 1.44 bits per heavy atom. The highest BCUT2D eigenvalue weighted by Crippen LogP contribution is 2.25. The first-order valence-corrected chi connectivity index (χ1v) is 5.86. The number of carboxylic acids is 1. The van der Waals surface area contributed by atoms with Gasteiger partial charge in [-0.3, -0.25) is 0 Å². The number of aromatic nitrogens is 2. The van der Waals surface area contributed by atoms with E-state index in [1.54, 1.807) is 0 Å². The van der Waals surface area contributed by atoms with E-state index in [0.717, 1.165) is 21.7 Å². The van der Waals surface area contributed by atoms with Crippen molar-refractivity contribution >= 4 is 28.0 Å². The summed E-state index contributed by atoms with van der Waals surface area (Å²) in [5.74, 6) is -0.543. The average Bonchev–Trinajstić information content (AvgIpc) is 2.78. The maximum Gasteiger partial charge on any atom is 0.328 e. The van der Waals surface area contributed by atoms with E-state index in [2.05, 4.69) is 26.1 Å². The van der Waals surface area contributed by atoms with Crippen LogP contribution in [0.5, 0.6) is 0 Å². The molecule has 5 nitrogen and oxygen atoms in total. The number of nitrogens with zero attached hydrogens (tertiary/aromatic N) is 2. The zero-order valence-electron chi connectivity index (χ0n) is 9.42. The van der Waals surface area contributed by atoms with Gasteiger partial charge in [-0.25, -0.2) is 4.79 Å². The van der Waals surface area contributed by atoms with E-state index >= 15 is 0 Å². The van der Waals surface area contributed by atoms with Crippen LogP contribution in [0.4, 0.5) is 0 Å². The van der Waals surface area contributed by atoms with Crippen LogP contribution in [0.3, 0.4) is 0 Å². The number of rotatable bonds is 3. The van der Waals surface area contributed by atoms with E-state index < -0.39 is 5.97 Å². The van der Waals surface area contributed by atoms with Crippen molar-refractivity contribution in [3.8, 4) is 11.5 Å². The van der Waals surface area contributed by atoms with E-state index in [4.69, 9.17) is 9.52 Å². The number of hydrogen-bond donors (Lipinski definition) is 1. The first-order valence-electron chi connectivity index (χ1n) is 5.07. The van der Waals surface area contributed by atoms with Crippen LogP contribution in [0.1, 0.15) is 11.5 Å². The summed E-state index contributed by atoms with van der Waals surface area (Å²) < 4.78 is 6.27. The van der Waals surface area contributed by atoms with Crippen LogP contribution in [0.15, 0.2) is 33.2 Å². The Morgan fingerprint density at radius 3 is 2.94 bits per heavy atom. The Bertz CT molecular complexity index is 620. The second-order valence-corrected chi connectivity index (χ2v) is 4.49. The summed E-state index contributed by atoms with van der Waals surface area (Å²) in [6.07, 6.45) is 2.21. The molecule has 0 unspecified atom stereocenters. The molecule has 6 heteroatoms. The van der Waals surface area contributed by atoms with E-state index in [1.165, 1.54) is 6.08 Å². The lowest BCUT2D eigenvalue weighted by atomic mass is 10.1. The molecule has 0 aliphatic heterocycles. The number of halogens is 1. The Balaban J connectivity index is 2.35. The van der Waals surface area contributed by atoms with Crippen molar-refractivity contribution in [2.24, 2.45) is 0 Å². The first kappa shape index (κ1) is 12.5. The van der Waals surface area contributed by atoms with Gasteiger partial charge in [0.2, 0.25) is 11.8 Å². The van der Waals surface area contributed by atoms with Crippen molar-refractivity contribution in [1.29, 1.82) is 0 Å². The van der Waals surface area contributed by atoms with Gasteiger partial charge in [-0.15, -0.1) is 10.2 Å². The van der Waals surface area contributed by atoms with Gasteiger partial charge in [-0.05, 0) is 24.6 Å². The molecule has 2 rings (SSSR count). The third-order valence-electron chi connectivity index (χ3n) is 2.24. The van der Waals surface area contributed by atoms with Crippen molar-refractivity contribution in [3.63, 3.8) is 0 Å². The largest absolute Gasteiger partial charge is 0.478 e. The highest BCUT2D eigenvalue weighted by molar-refractivity contribution is 9.10. The number of carbonyl (C=O) groups is 1. The third-order valence-corrected chi connectivity index (χ3v) is 2.73. The van der Waals surface area contributed by atoms with Gasteiger partial charge in [0.05, 0.1) is 0 Å². The van der Waals surface area contributed by atoms with Crippen molar-refractivity contribution in [2.75, 3.05) is 0 Å². The molecular weight excluding hydrogens is 300 g/mol. The van der Waals surface area contributed by atoms with Crippen LogP contribution in [0.2, 0.25) is 0 Å². The fourth-order valence-electron chi connectivity index (χ4n) is 1.38. The monoisotopic (exact) mass is 308 g/mol. The molecule has 1 heterocycles. The minimum atomic E-state index is -1.06. The fourth-order valence-corrected chi connectivity index (χ4v) is 1.74. The van der Waals surface area contributed by atoms with Crippen molar-refractivity contribution in [3.05, 3.63) is 40.2 Å². The van der Waals surface area contributed by atoms with Gasteiger partial charge < -0.3 is 9.52 Å². The molecule has 0 amide bonds. The summed E-state index contributed by atoms with van der Waals surface area (Å²) >= 11 is 3.37. The van der Waals surface area contributed by atoms with Crippen LogP contribution in [0, 0.1) is 6.92 Å². The molecule has 2 aromatic rings. The molecule has 1 N–H and O–H groups in total. The van der Waals surface area contributed by atoms with Gasteiger partial charge in [-0.2, -0.15) is 0 Å². The van der Waals surface area contributed by atoms with Crippen molar-refractivity contribution in [1.82, 2.24) is 10.2 Å². The van der Waals surface area contributed by atoms with Crippen molar-refractivity contribution < 1.29 is 14.3 Å². The molecular formula is C12H9BrN2O3. The molecule has 0 radical (unpaired) electrons. The van der Waals surface area contributed by atoms with Gasteiger partial charge in [0.25, 0.3) is 0 Å². The number of aliphatic carboxylic acids is 1. The molecule has 0 fully saturated rings. The van der Waals surface area contributed by atoms with Crippen molar-refractivity contribution in [2.45, 2.75) is 6.92 Å². The van der Waals surface area contributed by atoms with Gasteiger partial charge in [0.1, 0.15) is 0 Å². The summed E-state index contributed by atoms with van der Waals surface area (Å²) in [4.78, 5) is 10.4. The zero-order chi connectivity index (χ0) is 13.1. The maximum absolute atomic E-state index is 10.4. The average molecular weight is 309 g/mol. The number of hydrogen-bond acceptors (Lipinski definition) is 4. The number of aryl methyl sites for hydroxylation is 1. The SMILES string of the molecule is Cc1ccc(Br)cc1-c1nnc(/C=C/C(=O)O)o1. The van der Waals surface area contributed by atoms with Gasteiger partial charge in [0.15, 0.2) is 0 Å². The molecule has 18 heavy (non-hydrogen) atoms. The van der Waals surface area contributed by atoms with E-state index in [-0.39, 0.29) is 5.89 Å².